The summed E-state index contributed by atoms with van der Waals surface area (Å²) in [7, 11) is 0. The van der Waals surface area contributed by atoms with Crippen LogP contribution in [-0.4, -0.2) is 52.9 Å². The minimum absolute atomic E-state index is 0.0101. The lowest BCUT2D eigenvalue weighted by Crippen LogP contribution is -2.49. The van der Waals surface area contributed by atoms with Gasteiger partial charge in [-0.25, -0.2) is 9.07 Å². The van der Waals surface area contributed by atoms with Gasteiger partial charge < -0.3 is 15.1 Å². The first-order valence-electron chi connectivity index (χ1n) is 11.6. The summed E-state index contributed by atoms with van der Waals surface area (Å²) in [4.78, 5) is 16.8. The zero-order chi connectivity index (χ0) is 25.6. The third kappa shape index (κ3) is 4.61. The number of benzene rings is 2. The lowest BCUT2D eigenvalue weighted by atomic mass is 9.96. The van der Waals surface area contributed by atoms with Crippen molar-refractivity contribution in [3.8, 4) is 0 Å². The van der Waals surface area contributed by atoms with Crippen LogP contribution >= 0.6 is 11.6 Å². The minimum atomic E-state index is -4.57. The Morgan fingerprint density at radius 1 is 1.03 bits per heavy atom. The number of halogens is 5. The average Bonchev–Trinajstić information content (AvgIpc) is 3.19. The highest BCUT2D eigenvalue weighted by atomic mass is 35.5. The Hall–Kier alpha value is -3.27. The van der Waals surface area contributed by atoms with Gasteiger partial charge in [0.15, 0.2) is 11.7 Å². The third-order valence-corrected chi connectivity index (χ3v) is 7.09. The van der Waals surface area contributed by atoms with Gasteiger partial charge in [-0.2, -0.15) is 18.3 Å². The predicted octanol–water partition coefficient (Wildman–Crippen LogP) is 5.61. The second-order valence-electron chi connectivity index (χ2n) is 9.11. The molecule has 190 valence electrons. The number of aromatic nitrogens is 2. The number of fused-ring (bicyclic) bond motifs is 1. The van der Waals surface area contributed by atoms with Crippen molar-refractivity contribution in [1.29, 1.82) is 0 Å². The number of piperazine rings is 1. The summed E-state index contributed by atoms with van der Waals surface area (Å²) in [5.41, 5.74) is 2.33. The Morgan fingerprint density at radius 3 is 2.28 bits per heavy atom. The van der Waals surface area contributed by atoms with E-state index in [-0.39, 0.29) is 28.8 Å². The molecule has 0 bridgehead atoms. The number of alkyl halides is 3. The van der Waals surface area contributed by atoms with Crippen molar-refractivity contribution in [2.75, 3.05) is 36.4 Å². The van der Waals surface area contributed by atoms with E-state index in [1.807, 2.05) is 24.0 Å². The van der Waals surface area contributed by atoms with E-state index >= 15 is 0 Å². The standard InChI is InChI=1S/C25H24ClF4N5O/c1-15-2-4-16(5-3-15)19-14-20(25(28,29)30)35-23(31-19)21(26)22(32-35)24(36)34-12-10-33(11-13-34)18-8-6-17(27)7-9-18/h2-9,19-20,31H,10-14H2,1H3/t19-,20+/m0/s1. The largest absolute Gasteiger partial charge is 0.410 e. The molecule has 3 heterocycles. The number of anilines is 2. The summed E-state index contributed by atoms with van der Waals surface area (Å²) < 4.78 is 56.1. The molecular weight excluding hydrogens is 498 g/mol. The molecule has 0 spiro atoms. The summed E-state index contributed by atoms with van der Waals surface area (Å²) >= 11 is 6.48. The second-order valence-corrected chi connectivity index (χ2v) is 9.49. The van der Waals surface area contributed by atoms with Gasteiger partial charge in [-0.15, -0.1) is 0 Å². The van der Waals surface area contributed by atoms with Crippen LogP contribution in [-0.2, 0) is 0 Å². The number of aryl methyl sites for hydroxylation is 1. The smallest absolute Gasteiger partial charge is 0.368 e. The first-order valence-corrected chi connectivity index (χ1v) is 12.0. The molecule has 1 aromatic heterocycles. The quantitative estimate of drug-likeness (QED) is 0.455. The molecule has 0 saturated carbocycles. The van der Waals surface area contributed by atoms with Gasteiger partial charge in [0.1, 0.15) is 16.7 Å². The van der Waals surface area contributed by atoms with Crippen LogP contribution in [0, 0.1) is 12.7 Å². The molecule has 2 aliphatic rings. The molecule has 5 rings (SSSR count). The van der Waals surface area contributed by atoms with Crippen LogP contribution in [0.3, 0.4) is 0 Å². The maximum Gasteiger partial charge on any atom is 0.410 e. The molecule has 11 heteroatoms. The number of carbonyl (C=O) groups is 1. The normalized spacial score (nSPS) is 20.2. The third-order valence-electron chi connectivity index (χ3n) is 6.74. The molecule has 0 unspecified atom stereocenters. The monoisotopic (exact) mass is 521 g/mol. The van der Waals surface area contributed by atoms with E-state index in [9.17, 15) is 22.4 Å². The van der Waals surface area contributed by atoms with Gasteiger partial charge in [0.2, 0.25) is 0 Å². The number of nitrogens with one attached hydrogen (secondary N) is 1. The summed E-state index contributed by atoms with van der Waals surface area (Å²) in [6.07, 6.45) is -4.85. The molecule has 3 aromatic rings. The van der Waals surface area contributed by atoms with Crippen molar-refractivity contribution < 1.29 is 22.4 Å². The molecule has 0 radical (unpaired) electrons. The van der Waals surface area contributed by atoms with E-state index in [1.54, 1.807) is 24.3 Å². The molecule has 0 aliphatic carbocycles. The fourth-order valence-corrected chi connectivity index (χ4v) is 4.97. The van der Waals surface area contributed by atoms with Gasteiger partial charge in [-0.05, 0) is 36.8 Å². The highest BCUT2D eigenvalue weighted by Crippen LogP contribution is 2.46. The maximum absolute atomic E-state index is 14.0. The molecule has 6 nitrogen and oxygen atoms in total. The molecule has 2 atom stereocenters. The maximum atomic E-state index is 14.0. The number of hydrogen-bond acceptors (Lipinski definition) is 4. The van der Waals surface area contributed by atoms with Gasteiger partial charge in [0, 0.05) is 38.3 Å². The molecule has 1 amide bonds. The van der Waals surface area contributed by atoms with E-state index in [0.29, 0.717) is 31.7 Å². The summed E-state index contributed by atoms with van der Waals surface area (Å²) in [6.45, 7) is 3.54. The molecule has 2 aromatic carbocycles. The van der Waals surface area contributed by atoms with Gasteiger partial charge in [0.25, 0.3) is 5.91 Å². The van der Waals surface area contributed by atoms with Crippen LogP contribution in [0.5, 0.6) is 0 Å². The summed E-state index contributed by atoms with van der Waals surface area (Å²) in [5, 5.41) is 7.01. The Morgan fingerprint density at radius 2 is 1.67 bits per heavy atom. The van der Waals surface area contributed by atoms with Gasteiger partial charge in [0.05, 0.1) is 6.04 Å². The Kier molecular flexibility index (Phi) is 6.32. The van der Waals surface area contributed by atoms with Crippen LogP contribution in [0.2, 0.25) is 5.02 Å². The molecule has 2 aliphatic heterocycles. The van der Waals surface area contributed by atoms with Crippen LogP contribution in [0.25, 0.3) is 0 Å². The fourth-order valence-electron chi connectivity index (χ4n) is 4.71. The Bertz CT molecular complexity index is 1250. The summed E-state index contributed by atoms with van der Waals surface area (Å²) in [6, 6.07) is 10.8. The van der Waals surface area contributed by atoms with Crippen LogP contribution in [0.1, 0.15) is 40.1 Å². The van der Waals surface area contributed by atoms with Crippen LogP contribution in [0.4, 0.5) is 29.1 Å². The van der Waals surface area contributed by atoms with E-state index in [0.717, 1.165) is 15.9 Å². The van der Waals surface area contributed by atoms with Gasteiger partial charge >= 0.3 is 6.18 Å². The van der Waals surface area contributed by atoms with Crippen molar-refractivity contribution >= 4 is 29.0 Å². The topological polar surface area (TPSA) is 53.4 Å². The molecule has 1 N–H and O–H groups in total. The number of nitrogens with zero attached hydrogens (tertiary/aromatic N) is 4. The number of amides is 1. The zero-order valence-electron chi connectivity index (χ0n) is 19.4. The van der Waals surface area contributed by atoms with E-state index in [1.165, 1.54) is 17.0 Å². The molecule has 1 saturated heterocycles. The van der Waals surface area contributed by atoms with E-state index in [2.05, 4.69) is 10.4 Å². The van der Waals surface area contributed by atoms with Crippen molar-refractivity contribution in [3.63, 3.8) is 0 Å². The molecular formula is C25H24ClF4N5O. The first-order chi connectivity index (χ1) is 17.1. The van der Waals surface area contributed by atoms with Crippen LogP contribution in [0.15, 0.2) is 48.5 Å². The molecule has 1 fully saturated rings. The predicted molar refractivity (Wildman–Crippen MR) is 129 cm³/mol. The average molecular weight is 522 g/mol. The van der Waals surface area contributed by atoms with Crippen molar-refractivity contribution in [1.82, 2.24) is 14.7 Å². The number of hydrogen-bond donors (Lipinski definition) is 1. The minimum Gasteiger partial charge on any atom is -0.368 e. The van der Waals surface area contributed by atoms with Crippen LogP contribution < -0.4 is 10.2 Å². The highest BCUT2D eigenvalue weighted by molar-refractivity contribution is 6.36. The second kappa shape index (κ2) is 9.31. The van der Waals surface area contributed by atoms with Crippen molar-refractivity contribution in [3.05, 3.63) is 76.2 Å². The lowest BCUT2D eigenvalue weighted by Gasteiger charge is -2.35. The zero-order valence-corrected chi connectivity index (χ0v) is 20.2. The van der Waals surface area contributed by atoms with E-state index in [4.69, 9.17) is 11.6 Å². The van der Waals surface area contributed by atoms with Gasteiger partial charge in [-0.1, -0.05) is 41.4 Å². The Labute approximate surface area is 210 Å². The fraction of sp³-hybridized carbons (Fsp3) is 0.360. The summed E-state index contributed by atoms with van der Waals surface area (Å²) in [5.74, 6) is -0.860. The molecule has 36 heavy (non-hydrogen) atoms. The van der Waals surface area contributed by atoms with Crippen molar-refractivity contribution in [2.24, 2.45) is 0 Å². The number of rotatable bonds is 3. The van der Waals surface area contributed by atoms with Crippen molar-refractivity contribution in [2.45, 2.75) is 31.6 Å². The SMILES string of the molecule is Cc1ccc([C@@H]2C[C@H](C(F)(F)F)n3nc(C(=O)N4CCN(c5ccc(F)cc5)CC4)c(Cl)c3N2)cc1. The van der Waals surface area contributed by atoms with E-state index < -0.39 is 24.2 Å². The van der Waals surface area contributed by atoms with Gasteiger partial charge in [-0.3, -0.25) is 4.79 Å². The highest BCUT2D eigenvalue weighted by Gasteiger charge is 2.48. The lowest BCUT2D eigenvalue weighted by molar-refractivity contribution is -0.173. The number of carbonyl (C=O) groups excluding carboxylic acids is 1. The first kappa shape index (κ1) is 24.4. The Balaban J connectivity index is 1.38.